The van der Waals surface area contributed by atoms with Crippen LogP contribution in [0.5, 0.6) is 0 Å². The van der Waals surface area contributed by atoms with Crippen LogP contribution in [0.15, 0.2) is 30.8 Å². The van der Waals surface area contributed by atoms with Gasteiger partial charge in [-0.05, 0) is 38.8 Å². The molecule has 0 aliphatic heterocycles. The summed E-state index contributed by atoms with van der Waals surface area (Å²) in [6.45, 7) is 0.630. The highest BCUT2D eigenvalue weighted by molar-refractivity contribution is 14.1. The standard InChI is InChI=1S/C10H8I2N4O/c11-4-6(12)5-14-10-15-8-7(9(17)16-10)2-1-3-13-8/h1-4H,5H2,(H2,13,14,15,16,17)/b6-4-. The van der Waals surface area contributed by atoms with Gasteiger partial charge in [0.1, 0.15) is 0 Å². The molecule has 2 aromatic rings. The second-order valence-electron chi connectivity index (χ2n) is 3.20. The van der Waals surface area contributed by atoms with E-state index in [4.69, 9.17) is 0 Å². The Hall–Kier alpha value is -0.710. The van der Waals surface area contributed by atoms with Gasteiger partial charge in [0, 0.05) is 16.3 Å². The second kappa shape index (κ2) is 5.76. The molecule has 2 aromatic heterocycles. The van der Waals surface area contributed by atoms with Gasteiger partial charge in [-0.1, -0.05) is 22.6 Å². The molecule has 0 aliphatic carbocycles. The minimum absolute atomic E-state index is 0.181. The van der Waals surface area contributed by atoms with E-state index >= 15 is 0 Å². The number of nitrogens with zero attached hydrogens (tertiary/aromatic N) is 2. The fourth-order valence-electron chi connectivity index (χ4n) is 1.26. The van der Waals surface area contributed by atoms with Crippen molar-refractivity contribution in [2.45, 2.75) is 0 Å². The van der Waals surface area contributed by atoms with Gasteiger partial charge in [-0.15, -0.1) is 0 Å². The summed E-state index contributed by atoms with van der Waals surface area (Å²) < 4.78 is 3.09. The maximum Gasteiger partial charge on any atom is 0.261 e. The molecule has 0 radical (unpaired) electrons. The van der Waals surface area contributed by atoms with Crippen molar-refractivity contribution in [3.8, 4) is 0 Å². The molecule has 0 amide bonds. The Bertz CT molecular complexity index is 623. The SMILES string of the molecule is O=c1[nH]c(NC/C(I)=C/I)nc2ncccc12. The van der Waals surface area contributed by atoms with Crippen LogP contribution in [0.3, 0.4) is 0 Å². The lowest BCUT2D eigenvalue weighted by molar-refractivity contribution is 1.10. The van der Waals surface area contributed by atoms with E-state index < -0.39 is 0 Å². The number of fused-ring (bicyclic) bond motifs is 1. The first kappa shape index (κ1) is 12.7. The van der Waals surface area contributed by atoms with Crippen molar-refractivity contribution in [3.63, 3.8) is 0 Å². The van der Waals surface area contributed by atoms with Crippen LogP contribution in [-0.4, -0.2) is 21.5 Å². The maximum absolute atomic E-state index is 11.7. The van der Waals surface area contributed by atoms with E-state index in [1.54, 1.807) is 18.3 Å². The van der Waals surface area contributed by atoms with Crippen molar-refractivity contribution in [1.29, 1.82) is 0 Å². The molecule has 0 saturated heterocycles. The number of nitrogens with one attached hydrogen (secondary N) is 2. The molecule has 2 N–H and O–H groups in total. The van der Waals surface area contributed by atoms with Gasteiger partial charge in [-0.2, -0.15) is 4.98 Å². The van der Waals surface area contributed by atoms with Crippen LogP contribution < -0.4 is 10.9 Å². The van der Waals surface area contributed by atoms with E-state index in [2.05, 4.69) is 65.5 Å². The molecular formula is C10H8I2N4O. The number of H-pyrrole nitrogens is 1. The number of aromatic amines is 1. The van der Waals surface area contributed by atoms with Gasteiger partial charge in [0.05, 0.1) is 5.39 Å². The van der Waals surface area contributed by atoms with Gasteiger partial charge >= 0.3 is 0 Å². The third-order valence-corrected chi connectivity index (χ3v) is 4.66. The molecule has 0 aromatic carbocycles. The molecule has 0 fully saturated rings. The molecule has 2 heterocycles. The zero-order chi connectivity index (χ0) is 12.3. The predicted octanol–water partition coefficient (Wildman–Crippen LogP) is 2.44. The number of aromatic nitrogens is 3. The largest absolute Gasteiger partial charge is 0.351 e. The van der Waals surface area contributed by atoms with E-state index in [9.17, 15) is 4.79 Å². The summed E-state index contributed by atoms with van der Waals surface area (Å²) in [7, 11) is 0. The fourth-order valence-corrected chi connectivity index (χ4v) is 1.67. The van der Waals surface area contributed by atoms with Crippen molar-refractivity contribution in [3.05, 3.63) is 36.3 Å². The Kier molecular flexibility index (Phi) is 4.31. The quantitative estimate of drug-likeness (QED) is 0.700. The molecular weight excluding hydrogens is 446 g/mol. The zero-order valence-corrected chi connectivity index (χ0v) is 12.9. The van der Waals surface area contributed by atoms with E-state index in [-0.39, 0.29) is 5.56 Å². The molecule has 17 heavy (non-hydrogen) atoms. The summed E-state index contributed by atoms with van der Waals surface area (Å²) in [5.74, 6) is 0.439. The van der Waals surface area contributed by atoms with Crippen LogP contribution in [0.4, 0.5) is 5.95 Å². The first-order valence-electron chi connectivity index (χ1n) is 4.74. The summed E-state index contributed by atoms with van der Waals surface area (Å²) in [6.07, 6.45) is 1.62. The van der Waals surface area contributed by atoms with E-state index in [1.807, 2.05) is 4.08 Å². The first-order valence-corrected chi connectivity index (χ1v) is 7.07. The van der Waals surface area contributed by atoms with Gasteiger partial charge in [0.2, 0.25) is 5.95 Å². The number of hydrogen-bond acceptors (Lipinski definition) is 4. The molecule has 2 rings (SSSR count). The molecule has 7 heteroatoms. The van der Waals surface area contributed by atoms with Crippen LogP contribution in [0.2, 0.25) is 0 Å². The Morgan fingerprint density at radius 3 is 3.18 bits per heavy atom. The topological polar surface area (TPSA) is 70.7 Å². The van der Waals surface area contributed by atoms with Gasteiger partial charge in [0.25, 0.3) is 5.56 Å². The van der Waals surface area contributed by atoms with Crippen molar-refractivity contribution < 1.29 is 0 Å². The zero-order valence-electron chi connectivity index (χ0n) is 8.58. The minimum Gasteiger partial charge on any atom is -0.351 e. The Morgan fingerprint density at radius 1 is 1.59 bits per heavy atom. The number of halogens is 2. The van der Waals surface area contributed by atoms with Crippen LogP contribution in [0, 0.1) is 0 Å². The first-order chi connectivity index (χ1) is 8.20. The lowest BCUT2D eigenvalue weighted by Crippen LogP contribution is -2.14. The number of anilines is 1. The summed E-state index contributed by atoms with van der Waals surface area (Å²) in [6, 6.07) is 3.42. The smallest absolute Gasteiger partial charge is 0.261 e. The van der Waals surface area contributed by atoms with Crippen LogP contribution in [0.1, 0.15) is 0 Å². The van der Waals surface area contributed by atoms with E-state index in [0.29, 0.717) is 23.5 Å². The average molecular weight is 454 g/mol. The third-order valence-electron chi connectivity index (χ3n) is 2.02. The second-order valence-corrected chi connectivity index (χ2v) is 5.21. The van der Waals surface area contributed by atoms with E-state index in [1.165, 1.54) is 0 Å². The molecule has 0 unspecified atom stereocenters. The Morgan fingerprint density at radius 2 is 2.41 bits per heavy atom. The van der Waals surface area contributed by atoms with Crippen molar-refractivity contribution in [2.24, 2.45) is 0 Å². The van der Waals surface area contributed by atoms with Crippen molar-refractivity contribution in [1.82, 2.24) is 15.0 Å². The molecule has 5 nitrogen and oxygen atoms in total. The van der Waals surface area contributed by atoms with Crippen LogP contribution in [0.25, 0.3) is 11.0 Å². The third kappa shape index (κ3) is 3.15. The fraction of sp³-hybridized carbons (Fsp3) is 0.100. The monoisotopic (exact) mass is 454 g/mol. The lowest BCUT2D eigenvalue weighted by atomic mass is 10.3. The number of pyridine rings is 1. The van der Waals surface area contributed by atoms with Gasteiger partial charge in [-0.25, -0.2) is 4.98 Å². The Balaban J connectivity index is 2.34. The van der Waals surface area contributed by atoms with Crippen LogP contribution >= 0.6 is 45.2 Å². The van der Waals surface area contributed by atoms with Crippen LogP contribution in [-0.2, 0) is 0 Å². The van der Waals surface area contributed by atoms with Crippen molar-refractivity contribution in [2.75, 3.05) is 11.9 Å². The highest BCUT2D eigenvalue weighted by Crippen LogP contribution is 2.10. The summed E-state index contributed by atoms with van der Waals surface area (Å²) in [4.78, 5) is 22.7. The highest BCUT2D eigenvalue weighted by atomic mass is 127. The maximum atomic E-state index is 11.7. The highest BCUT2D eigenvalue weighted by Gasteiger charge is 2.03. The molecule has 0 bridgehead atoms. The summed E-state index contributed by atoms with van der Waals surface area (Å²) in [5.41, 5.74) is 0.270. The number of hydrogen-bond donors (Lipinski definition) is 2. The summed E-state index contributed by atoms with van der Waals surface area (Å²) >= 11 is 4.38. The molecule has 0 aliphatic rings. The number of rotatable bonds is 3. The van der Waals surface area contributed by atoms with Gasteiger partial charge < -0.3 is 5.32 Å². The van der Waals surface area contributed by atoms with Gasteiger partial charge in [0.15, 0.2) is 5.65 Å². The Labute approximate surface area is 124 Å². The normalized spacial score (nSPS) is 11.8. The lowest BCUT2D eigenvalue weighted by Gasteiger charge is -2.04. The van der Waals surface area contributed by atoms with Crippen molar-refractivity contribution >= 4 is 62.2 Å². The summed E-state index contributed by atoms with van der Waals surface area (Å²) in [5, 5.41) is 3.54. The minimum atomic E-state index is -0.181. The molecule has 0 atom stereocenters. The average Bonchev–Trinajstić information content (AvgIpc) is 2.36. The molecule has 88 valence electrons. The molecule has 0 saturated carbocycles. The molecule has 0 spiro atoms. The van der Waals surface area contributed by atoms with Gasteiger partial charge in [-0.3, -0.25) is 9.78 Å². The van der Waals surface area contributed by atoms with E-state index in [0.717, 1.165) is 3.58 Å². The predicted molar refractivity (Wildman–Crippen MR) is 84.8 cm³/mol.